The summed E-state index contributed by atoms with van der Waals surface area (Å²) in [5, 5.41) is 3.24. The minimum absolute atomic E-state index is 0.240. The van der Waals surface area contributed by atoms with Crippen molar-refractivity contribution in [3.8, 4) is 0 Å². The Balaban J connectivity index is 1.76. The van der Waals surface area contributed by atoms with Crippen molar-refractivity contribution in [3.63, 3.8) is 0 Å². The van der Waals surface area contributed by atoms with Crippen molar-refractivity contribution in [2.45, 2.75) is 57.9 Å². The van der Waals surface area contributed by atoms with Crippen LogP contribution in [0.5, 0.6) is 0 Å². The third-order valence-corrected chi connectivity index (χ3v) is 4.00. The van der Waals surface area contributed by atoms with Crippen LogP contribution in [0.15, 0.2) is 12.2 Å². The van der Waals surface area contributed by atoms with Crippen LogP contribution < -0.4 is 5.32 Å². The Morgan fingerprint density at radius 2 is 1.88 bits per heavy atom. The van der Waals surface area contributed by atoms with E-state index in [9.17, 15) is 4.79 Å². The van der Waals surface area contributed by atoms with Gasteiger partial charge in [0.05, 0.1) is 0 Å². The van der Waals surface area contributed by atoms with Crippen molar-refractivity contribution in [1.82, 2.24) is 5.32 Å². The summed E-state index contributed by atoms with van der Waals surface area (Å²) >= 11 is 0. The Labute approximate surface area is 98.5 Å². The smallest absolute Gasteiger partial charge is 0.223 e. The molecule has 16 heavy (non-hydrogen) atoms. The van der Waals surface area contributed by atoms with E-state index in [0.717, 1.165) is 25.2 Å². The summed E-state index contributed by atoms with van der Waals surface area (Å²) < 4.78 is 0. The Morgan fingerprint density at radius 3 is 2.50 bits per heavy atom. The molecule has 1 fully saturated rings. The van der Waals surface area contributed by atoms with E-state index in [1.54, 1.807) is 0 Å². The molecule has 1 saturated carbocycles. The molecular formula is C14H23NO. The highest BCUT2D eigenvalue weighted by Crippen LogP contribution is 2.24. The molecule has 0 bridgehead atoms. The zero-order chi connectivity index (χ0) is 11.4. The van der Waals surface area contributed by atoms with Gasteiger partial charge >= 0.3 is 0 Å². The van der Waals surface area contributed by atoms with Crippen LogP contribution in [0.25, 0.3) is 0 Å². The van der Waals surface area contributed by atoms with Gasteiger partial charge in [-0.2, -0.15) is 0 Å². The third-order valence-electron chi connectivity index (χ3n) is 4.00. The molecule has 0 aliphatic heterocycles. The highest BCUT2D eigenvalue weighted by Gasteiger charge is 2.24. The molecule has 1 N–H and O–H groups in total. The van der Waals surface area contributed by atoms with Crippen LogP contribution >= 0.6 is 0 Å². The van der Waals surface area contributed by atoms with Crippen LogP contribution in [0, 0.1) is 11.8 Å². The van der Waals surface area contributed by atoms with E-state index in [1.165, 1.54) is 25.7 Å². The predicted molar refractivity (Wildman–Crippen MR) is 66.0 cm³/mol. The standard InChI is InChI=1S/C14H23NO/c1-11-7-9-13(10-8-11)15-14(16)12-5-3-2-4-6-12/h2-3,11-13H,4-10H2,1H3,(H,15,16)/t11?,12-,13?/m1/s1. The van der Waals surface area contributed by atoms with Gasteiger partial charge in [-0.3, -0.25) is 4.79 Å². The summed E-state index contributed by atoms with van der Waals surface area (Å²) in [4.78, 5) is 12.0. The van der Waals surface area contributed by atoms with Gasteiger partial charge in [-0.1, -0.05) is 19.1 Å². The fourth-order valence-corrected chi connectivity index (χ4v) is 2.76. The lowest BCUT2D eigenvalue weighted by molar-refractivity contribution is -0.126. The summed E-state index contributed by atoms with van der Waals surface area (Å²) in [7, 11) is 0. The maximum absolute atomic E-state index is 12.0. The van der Waals surface area contributed by atoms with Crippen molar-refractivity contribution in [1.29, 1.82) is 0 Å². The van der Waals surface area contributed by atoms with E-state index in [2.05, 4.69) is 24.4 Å². The SMILES string of the molecule is CC1CCC(NC(=O)[C@@H]2CC=CCC2)CC1. The number of carbonyl (C=O) groups excluding carboxylic acids is 1. The van der Waals surface area contributed by atoms with Crippen LogP contribution in [0.2, 0.25) is 0 Å². The van der Waals surface area contributed by atoms with E-state index >= 15 is 0 Å². The van der Waals surface area contributed by atoms with Gasteiger partial charge in [0.15, 0.2) is 0 Å². The van der Waals surface area contributed by atoms with Crippen LogP contribution in [-0.2, 0) is 4.79 Å². The van der Waals surface area contributed by atoms with Crippen LogP contribution in [0.1, 0.15) is 51.9 Å². The molecule has 2 aliphatic carbocycles. The van der Waals surface area contributed by atoms with Gasteiger partial charge in [0.1, 0.15) is 0 Å². The van der Waals surface area contributed by atoms with E-state index in [1.807, 2.05) is 0 Å². The van der Waals surface area contributed by atoms with Gasteiger partial charge < -0.3 is 5.32 Å². The van der Waals surface area contributed by atoms with Crippen molar-refractivity contribution < 1.29 is 4.79 Å². The first-order valence-electron chi connectivity index (χ1n) is 6.71. The Morgan fingerprint density at radius 1 is 1.12 bits per heavy atom. The molecule has 2 heteroatoms. The lowest BCUT2D eigenvalue weighted by Crippen LogP contribution is -2.40. The van der Waals surface area contributed by atoms with Gasteiger partial charge in [0, 0.05) is 12.0 Å². The first kappa shape index (κ1) is 11.7. The summed E-state index contributed by atoms with van der Waals surface area (Å²) in [6.07, 6.45) is 12.3. The Kier molecular flexibility index (Phi) is 4.03. The van der Waals surface area contributed by atoms with Gasteiger partial charge in [-0.05, 0) is 50.9 Å². The topological polar surface area (TPSA) is 29.1 Å². The van der Waals surface area contributed by atoms with Gasteiger partial charge in [0.2, 0.25) is 5.91 Å². The van der Waals surface area contributed by atoms with Gasteiger partial charge in [0.25, 0.3) is 0 Å². The van der Waals surface area contributed by atoms with Gasteiger partial charge in [-0.25, -0.2) is 0 Å². The average Bonchev–Trinajstić information content (AvgIpc) is 2.33. The van der Waals surface area contributed by atoms with Crippen molar-refractivity contribution >= 4 is 5.91 Å². The van der Waals surface area contributed by atoms with E-state index in [-0.39, 0.29) is 5.92 Å². The fourth-order valence-electron chi connectivity index (χ4n) is 2.76. The number of carbonyl (C=O) groups is 1. The molecule has 0 heterocycles. The lowest BCUT2D eigenvalue weighted by Gasteiger charge is -2.28. The molecule has 1 amide bonds. The molecule has 0 aromatic rings. The van der Waals surface area contributed by atoms with Crippen molar-refractivity contribution in [2.75, 3.05) is 0 Å². The number of allylic oxidation sites excluding steroid dienone is 2. The van der Waals surface area contributed by atoms with E-state index in [0.29, 0.717) is 11.9 Å². The van der Waals surface area contributed by atoms with Crippen LogP contribution in [0.3, 0.4) is 0 Å². The third kappa shape index (κ3) is 3.10. The number of nitrogens with one attached hydrogen (secondary N) is 1. The summed E-state index contributed by atoms with van der Waals surface area (Å²) in [6.45, 7) is 2.31. The Bertz CT molecular complexity index is 264. The molecule has 0 spiro atoms. The van der Waals surface area contributed by atoms with E-state index < -0.39 is 0 Å². The lowest BCUT2D eigenvalue weighted by atomic mass is 9.86. The van der Waals surface area contributed by atoms with Crippen molar-refractivity contribution in [3.05, 3.63) is 12.2 Å². The number of hydrogen-bond acceptors (Lipinski definition) is 1. The maximum Gasteiger partial charge on any atom is 0.223 e. The molecule has 2 aliphatic rings. The molecule has 0 aromatic carbocycles. The fraction of sp³-hybridized carbons (Fsp3) is 0.786. The second kappa shape index (κ2) is 5.51. The zero-order valence-corrected chi connectivity index (χ0v) is 10.2. The zero-order valence-electron chi connectivity index (χ0n) is 10.2. The highest BCUT2D eigenvalue weighted by molar-refractivity contribution is 5.79. The Hall–Kier alpha value is -0.790. The molecule has 0 unspecified atom stereocenters. The minimum atomic E-state index is 0.240. The minimum Gasteiger partial charge on any atom is -0.353 e. The largest absolute Gasteiger partial charge is 0.353 e. The van der Waals surface area contributed by atoms with Crippen molar-refractivity contribution in [2.24, 2.45) is 11.8 Å². The highest BCUT2D eigenvalue weighted by atomic mass is 16.1. The molecule has 1 atom stereocenters. The van der Waals surface area contributed by atoms with Gasteiger partial charge in [-0.15, -0.1) is 0 Å². The molecule has 2 nitrogen and oxygen atoms in total. The second-order valence-electron chi connectivity index (χ2n) is 5.45. The normalized spacial score (nSPS) is 34.7. The summed E-state index contributed by atoms with van der Waals surface area (Å²) in [5.41, 5.74) is 0. The predicted octanol–water partition coefficient (Wildman–Crippen LogP) is 3.04. The van der Waals surface area contributed by atoms with E-state index in [4.69, 9.17) is 0 Å². The second-order valence-corrected chi connectivity index (χ2v) is 5.45. The number of hydrogen-bond donors (Lipinski definition) is 1. The molecule has 90 valence electrons. The average molecular weight is 221 g/mol. The number of rotatable bonds is 2. The molecular weight excluding hydrogens is 198 g/mol. The quantitative estimate of drug-likeness (QED) is 0.713. The molecule has 0 aromatic heterocycles. The monoisotopic (exact) mass is 221 g/mol. The van der Waals surface area contributed by atoms with Crippen LogP contribution in [-0.4, -0.2) is 11.9 Å². The first-order valence-corrected chi connectivity index (χ1v) is 6.71. The molecule has 2 rings (SSSR count). The first-order chi connectivity index (χ1) is 7.75. The molecule has 0 radical (unpaired) electrons. The van der Waals surface area contributed by atoms with Crippen LogP contribution in [0.4, 0.5) is 0 Å². The summed E-state index contributed by atoms with van der Waals surface area (Å²) in [6, 6.07) is 0.453. The number of amides is 1. The molecule has 0 saturated heterocycles. The maximum atomic E-state index is 12.0. The summed E-state index contributed by atoms with van der Waals surface area (Å²) in [5.74, 6) is 1.39.